The van der Waals surface area contributed by atoms with Crippen molar-refractivity contribution in [3.63, 3.8) is 0 Å². The summed E-state index contributed by atoms with van der Waals surface area (Å²) in [5.41, 5.74) is 1.01. The molecule has 0 radical (unpaired) electrons. The van der Waals surface area contributed by atoms with E-state index >= 15 is 0 Å². The minimum absolute atomic E-state index is 0.362. The second-order valence-electron chi connectivity index (χ2n) is 2.42. The summed E-state index contributed by atoms with van der Waals surface area (Å²) in [5.74, 6) is 0. The second-order valence-corrected chi connectivity index (χ2v) is 3.27. The molecule has 1 atom stereocenters. The van der Waals surface area contributed by atoms with Crippen molar-refractivity contribution < 1.29 is 5.11 Å². The average molecular weight is 228 g/mol. The zero-order valence-corrected chi connectivity index (χ0v) is 11.6. The van der Waals surface area contributed by atoms with Crippen LogP contribution in [0.25, 0.3) is 0 Å². The number of aliphatic hydroxyl groups excluding tert-OH is 1. The quantitative estimate of drug-likeness (QED) is 0.751. The van der Waals surface area contributed by atoms with Gasteiger partial charge in [0, 0.05) is 4.90 Å². The first-order valence-electron chi connectivity index (χ1n) is 5.56. The smallest absolute Gasteiger partial charge is 0.0772 e. The van der Waals surface area contributed by atoms with Crippen molar-refractivity contribution >= 4 is 11.8 Å². The van der Waals surface area contributed by atoms with E-state index in [0.717, 1.165) is 10.5 Å². The van der Waals surface area contributed by atoms with Gasteiger partial charge in [0.1, 0.15) is 0 Å². The Bertz CT molecular complexity index is 234. The van der Waals surface area contributed by atoms with Gasteiger partial charge in [-0.15, -0.1) is 11.8 Å². The van der Waals surface area contributed by atoms with Crippen molar-refractivity contribution in [2.75, 3.05) is 6.26 Å². The Hall–Kier alpha value is -0.470. The molecule has 0 spiro atoms. The third-order valence-corrected chi connectivity index (χ3v) is 2.40. The van der Waals surface area contributed by atoms with E-state index in [9.17, 15) is 5.11 Å². The van der Waals surface area contributed by atoms with Gasteiger partial charge in [0.05, 0.1) is 6.10 Å². The maximum atomic E-state index is 9.32. The van der Waals surface area contributed by atoms with Gasteiger partial charge >= 0.3 is 0 Å². The number of thioether (sulfide) groups is 1. The lowest BCUT2D eigenvalue weighted by molar-refractivity contribution is 0.196. The molecule has 15 heavy (non-hydrogen) atoms. The van der Waals surface area contributed by atoms with E-state index in [1.54, 1.807) is 18.7 Å². The van der Waals surface area contributed by atoms with Crippen LogP contribution in [-0.2, 0) is 0 Å². The van der Waals surface area contributed by atoms with Gasteiger partial charge in [-0.3, -0.25) is 0 Å². The largest absolute Gasteiger partial charge is 0.389 e. The standard InChI is InChI=1S/C9H12OS.2C2H6/c1-7(10)8-5-3-4-6-9(8)11-2;2*1-2/h3-7,10H,1-2H3;2*1-2H3. The normalized spacial score (nSPS) is 10.3. The molecule has 0 saturated heterocycles. The van der Waals surface area contributed by atoms with Gasteiger partial charge in [-0.1, -0.05) is 45.9 Å². The molecule has 1 rings (SSSR count). The molecule has 1 aromatic rings. The minimum Gasteiger partial charge on any atom is -0.389 e. The minimum atomic E-state index is -0.362. The van der Waals surface area contributed by atoms with E-state index < -0.39 is 0 Å². The van der Waals surface area contributed by atoms with Gasteiger partial charge in [-0.25, -0.2) is 0 Å². The Morgan fingerprint density at radius 3 is 1.87 bits per heavy atom. The topological polar surface area (TPSA) is 20.2 Å². The Morgan fingerprint density at radius 2 is 1.53 bits per heavy atom. The highest BCUT2D eigenvalue weighted by Crippen LogP contribution is 2.24. The van der Waals surface area contributed by atoms with E-state index in [1.807, 2.05) is 58.2 Å². The van der Waals surface area contributed by atoms with Crippen LogP contribution < -0.4 is 0 Å². The van der Waals surface area contributed by atoms with Crippen LogP contribution in [0.3, 0.4) is 0 Å². The molecule has 0 aliphatic rings. The first kappa shape index (κ1) is 16.9. The second kappa shape index (κ2) is 11.6. The molecule has 0 aliphatic heterocycles. The first-order chi connectivity index (χ1) is 7.25. The molecule has 2 heteroatoms. The summed E-state index contributed by atoms with van der Waals surface area (Å²) in [6.07, 6.45) is 1.65. The lowest BCUT2D eigenvalue weighted by Gasteiger charge is -2.08. The van der Waals surface area contributed by atoms with E-state index in [0.29, 0.717) is 0 Å². The molecular formula is C13H24OS. The van der Waals surface area contributed by atoms with Crippen LogP contribution in [0.1, 0.15) is 46.3 Å². The molecule has 0 fully saturated rings. The third-order valence-electron chi connectivity index (χ3n) is 1.59. The predicted molar refractivity (Wildman–Crippen MR) is 71.6 cm³/mol. The first-order valence-corrected chi connectivity index (χ1v) is 6.79. The van der Waals surface area contributed by atoms with Gasteiger partial charge < -0.3 is 5.11 Å². The van der Waals surface area contributed by atoms with Gasteiger partial charge in [0.2, 0.25) is 0 Å². The Labute approximate surface area is 98.9 Å². The Morgan fingerprint density at radius 1 is 1.07 bits per heavy atom. The van der Waals surface area contributed by atoms with Crippen LogP contribution in [0.15, 0.2) is 29.2 Å². The van der Waals surface area contributed by atoms with Gasteiger partial charge in [-0.2, -0.15) is 0 Å². The van der Waals surface area contributed by atoms with Gasteiger partial charge in [0.15, 0.2) is 0 Å². The lowest BCUT2D eigenvalue weighted by Crippen LogP contribution is -1.92. The van der Waals surface area contributed by atoms with Gasteiger partial charge in [-0.05, 0) is 24.8 Å². The Balaban J connectivity index is 0. The summed E-state index contributed by atoms with van der Waals surface area (Å²) in [5, 5.41) is 9.32. The fourth-order valence-electron chi connectivity index (χ4n) is 1.01. The number of rotatable bonds is 2. The predicted octanol–water partition coefficient (Wildman–Crippen LogP) is 4.51. The molecular weight excluding hydrogens is 204 g/mol. The molecule has 0 saturated carbocycles. The summed E-state index contributed by atoms with van der Waals surface area (Å²) in [6.45, 7) is 9.79. The van der Waals surface area contributed by atoms with E-state index in [4.69, 9.17) is 0 Å². The highest BCUT2D eigenvalue weighted by molar-refractivity contribution is 7.98. The maximum Gasteiger partial charge on any atom is 0.0772 e. The molecule has 88 valence electrons. The van der Waals surface area contributed by atoms with Crippen molar-refractivity contribution in [2.24, 2.45) is 0 Å². The molecule has 1 unspecified atom stereocenters. The van der Waals surface area contributed by atoms with Crippen molar-refractivity contribution in [3.8, 4) is 0 Å². The summed E-state index contributed by atoms with van der Waals surface area (Å²) < 4.78 is 0. The average Bonchev–Trinajstić information content (AvgIpc) is 2.34. The summed E-state index contributed by atoms with van der Waals surface area (Å²) in [4.78, 5) is 1.16. The highest BCUT2D eigenvalue weighted by atomic mass is 32.2. The van der Waals surface area contributed by atoms with E-state index in [2.05, 4.69) is 0 Å². The SMILES string of the molecule is CC.CC.CSc1ccccc1C(C)O. The van der Waals surface area contributed by atoms with Crippen LogP contribution in [0.4, 0.5) is 0 Å². The summed E-state index contributed by atoms with van der Waals surface area (Å²) in [6, 6.07) is 7.91. The molecule has 1 aromatic carbocycles. The van der Waals surface area contributed by atoms with Crippen molar-refractivity contribution in [2.45, 2.75) is 45.6 Å². The third kappa shape index (κ3) is 6.58. The van der Waals surface area contributed by atoms with Crippen molar-refractivity contribution in [1.82, 2.24) is 0 Å². The van der Waals surface area contributed by atoms with Crippen molar-refractivity contribution in [1.29, 1.82) is 0 Å². The van der Waals surface area contributed by atoms with Gasteiger partial charge in [0.25, 0.3) is 0 Å². The molecule has 1 N–H and O–H groups in total. The lowest BCUT2D eigenvalue weighted by atomic mass is 10.1. The number of benzene rings is 1. The number of hydrogen-bond donors (Lipinski definition) is 1. The molecule has 0 bridgehead atoms. The Kier molecular flexibility index (Phi) is 13.1. The fourth-order valence-corrected chi connectivity index (χ4v) is 1.70. The van der Waals surface area contributed by atoms with E-state index in [1.165, 1.54) is 0 Å². The monoisotopic (exact) mass is 228 g/mol. The number of aliphatic hydroxyl groups is 1. The highest BCUT2D eigenvalue weighted by Gasteiger charge is 2.04. The summed E-state index contributed by atoms with van der Waals surface area (Å²) in [7, 11) is 0. The molecule has 0 amide bonds. The fraction of sp³-hybridized carbons (Fsp3) is 0.538. The van der Waals surface area contributed by atoms with Crippen LogP contribution in [0.2, 0.25) is 0 Å². The number of hydrogen-bond acceptors (Lipinski definition) is 2. The molecule has 1 nitrogen and oxygen atoms in total. The zero-order valence-electron chi connectivity index (χ0n) is 10.7. The molecule has 0 aliphatic carbocycles. The van der Waals surface area contributed by atoms with Crippen LogP contribution in [0, 0.1) is 0 Å². The van der Waals surface area contributed by atoms with Crippen LogP contribution >= 0.6 is 11.8 Å². The van der Waals surface area contributed by atoms with Crippen LogP contribution in [0.5, 0.6) is 0 Å². The summed E-state index contributed by atoms with van der Waals surface area (Å²) >= 11 is 1.66. The molecule has 0 aromatic heterocycles. The zero-order chi connectivity index (χ0) is 12.3. The van der Waals surface area contributed by atoms with Crippen molar-refractivity contribution in [3.05, 3.63) is 29.8 Å². The van der Waals surface area contributed by atoms with Crippen LogP contribution in [-0.4, -0.2) is 11.4 Å². The molecule has 0 heterocycles. The maximum absolute atomic E-state index is 9.32. The van der Waals surface area contributed by atoms with E-state index in [-0.39, 0.29) is 6.10 Å².